The number of nitrogens with two attached hydrogens (primary N) is 1. The summed E-state index contributed by atoms with van der Waals surface area (Å²) in [6.07, 6.45) is 0. The molecule has 12 heavy (non-hydrogen) atoms. The highest BCUT2D eigenvalue weighted by atomic mass is 16.2. The molecule has 1 rings (SSSR count). The Morgan fingerprint density at radius 3 is 2.50 bits per heavy atom. The van der Waals surface area contributed by atoms with Crippen LogP contribution in [0, 0.1) is 0 Å². The molecule has 0 fully saturated rings. The van der Waals surface area contributed by atoms with Gasteiger partial charge >= 0.3 is 0 Å². The number of para-hydroxylation sites is 1. The molecule has 0 saturated carbocycles. The SMILES string of the molecule is CC(=O)NN(N)c1ccccc1. The first-order valence-corrected chi connectivity index (χ1v) is 3.57. The number of nitrogens with one attached hydrogen (secondary N) is 1. The fourth-order valence-corrected chi connectivity index (χ4v) is 0.823. The minimum absolute atomic E-state index is 0.193. The van der Waals surface area contributed by atoms with Crippen LogP contribution >= 0.6 is 0 Å². The van der Waals surface area contributed by atoms with Gasteiger partial charge in [0.25, 0.3) is 0 Å². The number of benzene rings is 1. The molecular formula is C8H11N3O. The first kappa shape index (κ1) is 8.55. The second kappa shape index (κ2) is 3.73. The van der Waals surface area contributed by atoms with Gasteiger partial charge in [0, 0.05) is 6.92 Å². The lowest BCUT2D eigenvalue weighted by molar-refractivity contribution is -0.119. The van der Waals surface area contributed by atoms with Crippen molar-refractivity contribution >= 4 is 11.6 Å². The zero-order valence-corrected chi connectivity index (χ0v) is 6.82. The summed E-state index contributed by atoms with van der Waals surface area (Å²) >= 11 is 0. The molecule has 0 aliphatic carbocycles. The molecule has 4 nitrogen and oxygen atoms in total. The van der Waals surface area contributed by atoms with Crippen LogP contribution < -0.4 is 16.4 Å². The molecule has 0 aliphatic rings. The molecule has 3 N–H and O–H groups in total. The van der Waals surface area contributed by atoms with Crippen molar-refractivity contribution in [2.45, 2.75) is 6.92 Å². The van der Waals surface area contributed by atoms with Crippen molar-refractivity contribution in [1.29, 1.82) is 0 Å². The molecule has 0 unspecified atom stereocenters. The number of anilines is 1. The Morgan fingerprint density at radius 1 is 1.42 bits per heavy atom. The fourth-order valence-electron chi connectivity index (χ4n) is 0.823. The Morgan fingerprint density at radius 2 is 2.00 bits per heavy atom. The standard InChI is InChI=1S/C8H11N3O/c1-7(12)10-11(9)8-5-3-2-4-6-8/h2-6H,9H2,1H3,(H,10,12). The molecule has 0 atom stereocenters. The monoisotopic (exact) mass is 165 g/mol. The number of carbonyl (C=O) groups excluding carboxylic acids is 1. The van der Waals surface area contributed by atoms with E-state index in [1.165, 1.54) is 12.0 Å². The normalized spacial score (nSPS) is 9.17. The maximum Gasteiger partial charge on any atom is 0.236 e. The predicted molar refractivity (Wildman–Crippen MR) is 46.9 cm³/mol. The van der Waals surface area contributed by atoms with Gasteiger partial charge in [0.05, 0.1) is 5.69 Å². The zero-order chi connectivity index (χ0) is 8.97. The minimum Gasteiger partial charge on any atom is -0.274 e. The van der Waals surface area contributed by atoms with E-state index in [0.29, 0.717) is 0 Å². The molecule has 4 heteroatoms. The van der Waals surface area contributed by atoms with E-state index in [9.17, 15) is 4.79 Å². The van der Waals surface area contributed by atoms with Gasteiger partial charge in [0.1, 0.15) is 0 Å². The second-order valence-electron chi connectivity index (χ2n) is 2.37. The summed E-state index contributed by atoms with van der Waals surface area (Å²) in [7, 11) is 0. The third-order valence-electron chi connectivity index (χ3n) is 1.31. The van der Waals surface area contributed by atoms with Crippen molar-refractivity contribution in [1.82, 2.24) is 5.43 Å². The van der Waals surface area contributed by atoms with E-state index in [1.807, 2.05) is 18.2 Å². The highest BCUT2D eigenvalue weighted by Gasteiger charge is 1.99. The van der Waals surface area contributed by atoms with E-state index < -0.39 is 0 Å². The van der Waals surface area contributed by atoms with Crippen molar-refractivity contribution in [2.24, 2.45) is 5.84 Å². The smallest absolute Gasteiger partial charge is 0.236 e. The molecule has 0 saturated heterocycles. The number of rotatable bonds is 2. The van der Waals surface area contributed by atoms with Gasteiger partial charge in [-0.05, 0) is 12.1 Å². The molecule has 0 aromatic heterocycles. The van der Waals surface area contributed by atoms with Crippen LogP contribution in [0.15, 0.2) is 30.3 Å². The lowest BCUT2D eigenvalue weighted by Gasteiger charge is -2.17. The van der Waals surface area contributed by atoms with Crippen LogP contribution in [0.25, 0.3) is 0 Å². The number of hydrogen-bond acceptors (Lipinski definition) is 3. The molecule has 0 radical (unpaired) electrons. The van der Waals surface area contributed by atoms with E-state index >= 15 is 0 Å². The number of nitrogens with zero attached hydrogens (tertiary/aromatic N) is 1. The van der Waals surface area contributed by atoms with Gasteiger partial charge in [-0.25, -0.2) is 11.0 Å². The van der Waals surface area contributed by atoms with Gasteiger partial charge < -0.3 is 0 Å². The molecule has 1 aromatic rings. The largest absolute Gasteiger partial charge is 0.274 e. The average Bonchev–Trinajstić information content (AvgIpc) is 2.05. The van der Waals surface area contributed by atoms with Crippen molar-refractivity contribution in [2.75, 3.05) is 5.12 Å². The minimum atomic E-state index is -0.193. The zero-order valence-electron chi connectivity index (χ0n) is 6.82. The maximum absolute atomic E-state index is 10.6. The summed E-state index contributed by atoms with van der Waals surface area (Å²) in [5.41, 5.74) is 3.17. The summed E-state index contributed by atoms with van der Waals surface area (Å²) < 4.78 is 0. The van der Waals surface area contributed by atoms with Gasteiger partial charge in [-0.3, -0.25) is 10.2 Å². The van der Waals surface area contributed by atoms with Crippen LogP contribution in [0.4, 0.5) is 5.69 Å². The summed E-state index contributed by atoms with van der Waals surface area (Å²) in [5.74, 6) is 5.30. The van der Waals surface area contributed by atoms with Gasteiger partial charge in [-0.1, -0.05) is 18.2 Å². The first-order valence-electron chi connectivity index (χ1n) is 3.57. The topological polar surface area (TPSA) is 58.4 Å². The van der Waals surface area contributed by atoms with Crippen LogP contribution in [-0.2, 0) is 4.79 Å². The van der Waals surface area contributed by atoms with Gasteiger partial charge in [0.2, 0.25) is 5.91 Å². The van der Waals surface area contributed by atoms with E-state index in [4.69, 9.17) is 5.84 Å². The third kappa shape index (κ3) is 2.25. The van der Waals surface area contributed by atoms with Crippen molar-refractivity contribution in [3.8, 4) is 0 Å². The Labute approximate surface area is 70.9 Å². The second-order valence-corrected chi connectivity index (χ2v) is 2.37. The first-order chi connectivity index (χ1) is 5.70. The maximum atomic E-state index is 10.6. The third-order valence-corrected chi connectivity index (χ3v) is 1.31. The highest BCUT2D eigenvalue weighted by molar-refractivity contribution is 5.74. The van der Waals surface area contributed by atoms with Crippen LogP contribution in [0.5, 0.6) is 0 Å². The summed E-state index contributed by atoms with van der Waals surface area (Å²) in [4.78, 5) is 10.6. The Balaban J connectivity index is 2.65. The van der Waals surface area contributed by atoms with Crippen LogP contribution in [0.2, 0.25) is 0 Å². The molecular weight excluding hydrogens is 154 g/mol. The molecule has 64 valence electrons. The van der Waals surface area contributed by atoms with Gasteiger partial charge in [-0.2, -0.15) is 0 Å². The van der Waals surface area contributed by atoms with E-state index in [-0.39, 0.29) is 5.91 Å². The van der Waals surface area contributed by atoms with Crippen molar-refractivity contribution < 1.29 is 4.79 Å². The highest BCUT2D eigenvalue weighted by Crippen LogP contribution is 2.06. The lowest BCUT2D eigenvalue weighted by atomic mass is 10.3. The summed E-state index contributed by atoms with van der Waals surface area (Å²) in [5, 5.41) is 1.18. The molecule has 0 bridgehead atoms. The van der Waals surface area contributed by atoms with E-state index in [0.717, 1.165) is 5.69 Å². The fraction of sp³-hybridized carbons (Fsp3) is 0.125. The Bertz CT molecular complexity index is 260. The number of hydrazine groups is 2. The summed E-state index contributed by atoms with van der Waals surface area (Å²) in [6, 6.07) is 9.17. The summed E-state index contributed by atoms with van der Waals surface area (Å²) in [6.45, 7) is 1.41. The average molecular weight is 165 g/mol. The number of amides is 1. The Hall–Kier alpha value is -1.55. The molecule has 0 heterocycles. The quantitative estimate of drug-likeness (QED) is 0.493. The Kier molecular flexibility index (Phi) is 2.66. The number of hydrogen-bond donors (Lipinski definition) is 2. The van der Waals surface area contributed by atoms with Crippen LogP contribution in [0.3, 0.4) is 0 Å². The molecule has 1 aromatic carbocycles. The number of carbonyl (C=O) groups is 1. The predicted octanol–water partition coefficient (Wildman–Crippen LogP) is 0.418. The molecule has 0 spiro atoms. The van der Waals surface area contributed by atoms with Crippen molar-refractivity contribution in [3.63, 3.8) is 0 Å². The van der Waals surface area contributed by atoms with Crippen LogP contribution in [0.1, 0.15) is 6.92 Å². The van der Waals surface area contributed by atoms with Gasteiger partial charge in [0.15, 0.2) is 0 Å². The lowest BCUT2D eigenvalue weighted by Crippen LogP contribution is -2.46. The van der Waals surface area contributed by atoms with Crippen LogP contribution in [-0.4, -0.2) is 5.91 Å². The van der Waals surface area contributed by atoms with Crippen molar-refractivity contribution in [3.05, 3.63) is 30.3 Å². The van der Waals surface area contributed by atoms with Gasteiger partial charge in [-0.15, -0.1) is 0 Å². The molecule has 0 aliphatic heterocycles. The van der Waals surface area contributed by atoms with E-state index in [1.54, 1.807) is 12.1 Å². The van der Waals surface area contributed by atoms with E-state index in [2.05, 4.69) is 5.43 Å². The molecule has 1 amide bonds.